The molecule has 2 rings (SSSR count). The highest BCUT2D eigenvalue weighted by molar-refractivity contribution is 6.29. The molecule has 9 nitrogen and oxygen atoms in total. The van der Waals surface area contributed by atoms with Gasteiger partial charge in [-0.15, -0.1) is 10.2 Å². The summed E-state index contributed by atoms with van der Waals surface area (Å²) in [5.41, 5.74) is 0.285. The topological polar surface area (TPSA) is 144 Å². The molecule has 0 fully saturated rings. The van der Waals surface area contributed by atoms with E-state index in [-0.39, 0.29) is 16.6 Å². The smallest absolute Gasteiger partial charge is 0.186 e. The lowest BCUT2D eigenvalue weighted by molar-refractivity contribution is -0.118. The van der Waals surface area contributed by atoms with Crippen LogP contribution in [-0.4, -0.2) is 70.3 Å². The van der Waals surface area contributed by atoms with Crippen molar-refractivity contribution in [1.82, 2.24) is 19.8 Å². The lowest BCUT2D eigenvalue weighted by Crippen LogP contribution is -2.43. The number of aliphatic hydroxyl groups excluding tert-OH is 5. The van der Waals surface area contributed by atoms with Crippen molar-refractivity contribution in [2.75, 3.05) is 6.61 Å². The summed E-state index contributed by atoms with van der Waals surface area (Å²) in [5, 5.41) is 58.6. The number of hydrogen-bond donors (Lipinski definition) is 5. The first-order valence-electron chi connectivity index (χ1n) is 5.66. The molecule has 0 aliphatic heterocycles. The Hall–Kier alpha value is -1.36. The van der Waals surface area contributed by atoms with Crippen LogP contribution in [0.2, 0.25) is 5.15 Å². The van der Waals surface area contributed by atoms with Gasteiger partial charge in [0.25, 0.3) is 0 Å². The molecule has 10 heteroatoms. The maximum absolute atomic E-state index is 9.97. The van der Waals surface area contributed by atoms with Crippen LogP contribution in [0.15, 0.2) is 12.1 Å². The molecule has 20 heavy (non-hydrogen) atoms. The second-order valence-electron chi connectivity index (χ2n) is 4.16. The molecule has 0 saturated carbocycles. The molecule has 2 heterocycles. The van der Waals surface area contributed by atoms with Gasteiger partial charge in [-0.1, -0.05) is 11.6 Å². The molecule has 5 N–H and O–H groups in total. The lowest BCUT2D eigenvalue weighted by Gasteiger charge is -2.24. The molecule has 4 atom stereocenters. The third kappa shape index (κ3) is 2.73. The van der Waals surface area contributed by atoms with Crippen molar-refractivity contribution in [3.8, 4) is 0 Å². The fourth-order valence-corrected chi connectivity index (χ4v) is 1.78. The summed E-state index contributed by atoms with van der Waals surface area (Å²) in [6, 6.07) is 2.98. The summed E-state index contributed by atoms with van der Waals surface area (Å²) in [7, 11) is 0. The van der Waals surface area contributed by atoms with Gasteiger partial charge in [-0.05, 0) is 12.1 Å². The number of hydrogen-bond acceptors (Lipinski definition) is 8. The van der Waals surface area contributed by atoms with Gasteiger partial charge in [0, 0.05) is 0 Å². The number of aromatic nitrogens is 4. The van der Waals surface area contributed by atoms with E-state index in [4.69, 9.17) is 16.7 Å². The van der Waals surface area contributed by atoms with Gasteiger partial charge in [0.05, 0.1) is 6.61 Å². The zero-order valence-corrected chi connectivity index (χ0v) is 10.8. The van der Waals surface area contributed by atoms with Crippen molar-refractivity contribution >= 4 is 17.2 Å². The fourth-order valence-electron chi connectivity index (χ4n) is 1.64. The molecule has 0 aliphatic carbocycles. The van der Waals surface area contributed by atoms with E-state index in [2.05, 4.69) is 15.3 Å². The minimum atomic E-state index is -1.79. The van der Waals surface area contributed by atoms with E-state index in [1.165, 1.54) is 12.1 Å². The molecule has 2 aromatic rings. The highest BCUT2D eigenvalue weighted by atomic mass is 35.5. The number of fused-ring (bicyclic) bond motifs is 1. The fraction of sp³-hybridized carbons (Fsp3) is 0.500. The summed E-state index contributed by atoms with van der Waals surface area (Å²) in [4.78, 5) is 0. The number of nitrogens with zero attached hydrogens (tertiary/aromatic N) is 4. The zero-order chi connectivity index (χ0) is 14.9. The van der Waals surface area contributed by atoms with Crippen molar-refractivity contribution in [2.45, 2.75) is 24.4 Å². The molecule has 0 unspecified atom stereocenters. The predicted molar refractivity (Wildman–Crippen MR) is 65.9 cm³/mol. The standard InChI is InChI=1S/C10H13ClN4O5/c11-5-1-2-6-12-13-10(15(6)14-5)9(20)8(19)7(18)4(17)3-16/h1-2,4,7-9,16-20H,3H2/t4-,7-,8+,9+/m1/s1. The van der Waals surface area contributed by atoms with Gasteiger partial charge in [0.15, 0.2) is 11.5 Å². The highest BCUT2D eigenvalue weighted by Gasteiger charge is 2.33. The van der Waals surface area contributed by atoms with E-state index in [1.54, 1.807) is 0 Å². The molecule has 0 aromatic carbocycles. The zero-order valence-electron chi connectivity index (χ0n) is 10.1. The molecule has 0 amide bonds. The molecule has 0 aliphatic rings. The van der Waals surface area contributed by atoms with E-state index in [0.717, 1.165) is 4.52 Å². The van der Waals surface area contributed by atoms with Crippen LogP contribution in [0.5, 0.6) is 0 Å². The Bertz CT molecular complexity index is 594. The van der Waals surface area contributed by atoms with Crippen LogP contribution in [0.3, 0.4) is 0 Å². The van der Waals surface area contributed by atoms with E-state index >= 15 is 0 Å². The van der Waals surface area contributed by atoms with E-state index in [1.807, 2.05) is 0 Å². The van der Waals surface area contributed by atoms with E-state index in [0.29, 0.717) is 0 Å². The molecule has 2 aromatic heterocycles. The SMILES string of the molecule is OC[C@@H](O)[C@@H](O)[C@H](O)[C@H](O)c1nnc2ccc(Cl)nn12. The van der Waals surface area contributed by atoms with Gasteiger partial charge in [0.1, 0.15) is 29.6 Å². The van der Waals surface area contributed by atoms with Gasteiger partial charge in [-0.3, -0.25) is 0 Å². The largest absolute Gasteiger partial charge is 0.394 e. The Labute approximate surface area is 117 Å². The predicted octanol–water partition coefficient (Wildman–Crippen LogP) is -2.11. The normalized spacial score (nSPS) is 17.9. The first-order chi connectivity index (χ1) is 9.45. The summed E-state index contributed by atoms with van der Waals surface area (Å²) in [6.07, 6.45) is -6.82. The molecular weight excluding hydrogens is 292 g/mol. The second kappa shape index (κ2) is 5.95. The molecule has 0 spiro atoms. The number of rotatable bonds is 5. The van der Waals surface area contributed by atoms with Gasteiger partial charge >= 0.3 is 0 Å². The van der Waals surface area contributed by atoms with Crippen LogP contribution in [0.25, 0.3) is 5.65 Å². The minimum Gasteiger partial charge on any atom is -0.394 e. The minimum absolute atomic E-state index is 0.121. The van der Waals surface area contributed by atoms with Crippen LogP contribution < -0.4 is 0 Å². The Balaban J connectivity index is 2.31. The summed E-state index contributed by atoms with van der Waals surface area (Å²) < 4.78 is 1.11. The van der Waals surface area contributed by atoms with Crippen molar-refractivity contribution in [2.24, 2.45) is 0 Å². The number of aliphatic hydroxyl groups is 5. The quantitative estimate of drug-likeness (QED) is 0.422. The van der Waals surface area contributed by atoms with Crippen LogP contribution in [0.1, 0.15) is 11.9 Å². The van der Waals surface area contributed by atoms with Crippen molar-refractivity contribution < 1.29 is 25.5 Å². The Kier molecular flexibility index (Phi) is 4.48. The second-order valence-corrected chi connectivity index (χ2v) is 4.55. The van der Waals surface area contributed by atoms with Gasteiger partial charge in [-0.2, -0.15) is 9.61 Å². The lowest BCUT2D eigenvalue weighted by atomic mass is 10.0. The maximum atomic E-state index is 9.97. The maximum Gasteiger partial charge on any atom is 0.186 e. The molecule has 110 valence electrons. The molecule has 0 saturated heterocycles. The van der Waals surface area contributed by atoms with Crippen LogP contribution in [0.4, 0.5) is 0 Å². The average molecular weight is 305 g/mol. The molecule has 0 radical (unpaired) electrons. The first kappa shape index (κ1) is 15.0. The Morgan fingerprint density at radius 3 is 2.45 bits per heavy atom. The third-order valence-corrected chi connectivity index (χ3v) is 2.98. The number of halogens is 1. The molecular formula is C10H13ClN4O5. The van der Waals surface area contributed by atoms with Crippen molar-refractivity contribution in [1.29, 1.82) is 0 Å². The first-order valence-corrected chi connectivity index (χ1v) is 6.04. The van der Waals surface area contributed by atoms with Crippen LogP contribution in [-0.2, 0) is 0 Å². The summed E-state index contributed by atoms with van der Waals surface area (Å²) in [5.74, 6) is -0.154. The van der Waals surface area contributed by atoms with Gasteiger partial charge in [-0.25, -0.2) is 0 Å². The summed E-state index contributed by atoms with van der Waals surface area (Å²) >= 11 is 5.71. The Morgan fingerprint density at radius 1 is 1.10 bits per heavy atom. The van der Waals surface area contributed by atoms with E-state index in [9.17, 15) is 20.4 Å². The van der Waals surface area contributed by atoms with E-state index < -0.39 is 31.0 Å². The van der Waals surface area contributed by atoms with Gasteiger partial charge < -0.3 is 25.5 Å². The summed E-state index contributed by atoms with van der Waals surface area (Å²) in [6.45, 7) is -0.768. The van der Waals surface area contributed by atoms with Crippen LogP contribution >= 0.6 is 11.6 Å². The van der Waals surface area contributed by atoms with Crippen molar-refractivity contribution in [3.05, 3.63) is 23.1 Å². The monoisotopic (exact) mass is 304 g/mol. The van der Waals surface area contributed by atoms with Crippen molar-refractivity contribution in [3.63, 3.8) is 0 Å². The average Bonchev–Trinajstić information content (AvgIpc) is 2.86. The third-order valence-electron chi connectivity index (χ3n) is 2.77. The molecule has 0 bridgehead atoms. The highest BCUT2D eigenvalue weighted by Crippen LogP contribution is 2.19. The Morgan fingerprint density at radius 2 is 1.80 bits per heavy atom. The van der Waals surface area contributed by atoms with Gasteiger partial charge in [0.2, 0.25) is 0 Å². The van der Waals surface area contributed by atoms with Crippen LogP contribution in [0, 0.1) is 0 Å².